The number of thiocarbonyl (C=S) groups is 1. The first-order valence-corrected chi connectivity index (χ1v) is 9.75. The van der Waals surface area contributed by atoms with Gasteiger partial charge in [-0.3, -0.25) is 9.69 Å². The summed E-state index contributed by atoms with van der Waals surface area (Å²) in [6.07, 6.45) is 7.36. The minimum Gasteiger partial charge on any atom is -0.507 e. The molecule has 1 saturated carbocycles. The quantitative estimate of drug-likeness (QED) is 0.549. The van der Waals surface area contributed by atoms with Crippen LogP contribution in [0, 0.1) is 6.92 Å². The van der Waals surface area contributed by atoms with Crippen LogP contribution in [-0.4, -0.2) is 26.3 Å². The maximum absolute atomic E-state index is 12.8. The molecule has 122 valence electrons. The minimum atomic E-state index is -0.0241. The molecule has 0 radical (unpaired) electrons. The van der Waals surface area contributed by atoms with Gasteiger partial charge in [0.15, 0.2) is 0 Å². The molecule has 0 spiro atoms. The molecule has 1 aromatic carbocycles. The van der Waals surface area contributed by atoms with E-state index in [0.717, 1.165) is 35.7 Å². The van der Waals surface area contributed by atoms with E-state index in [1.165, 1.54) is 18.2 Å². The lowest BCUT2D eigenvalue weighted by Crippen LogP contribution is -2.39. The number of aryl methyl sites for hydroxylation is 1. The smallest absolute Gasteiger partial charge is 0.266 e. The minimum absolute atomic E-state index is 0.0241. The molecule has 1 saturated heterocycles. The van der Waals surface area contributed by atoms with E-state index < -0.39 is 0 Å². The van der Waals surface area contributed by atoms with Gasteiger partial charge in [-0.15, -0.1) is 0 Å². The zero-order valence-corrected chi connectivity index (χ0v) is 16.1. The molecule has 0 aromatic heterocycles. The van der Waals surface area contributed by atoms with Crippen molar-refractivity contribution in [2.45, 2.75) is 45.1 Å². The third-order valence-corrected chi connectivity index (χ3v) is 6.13. The molecule has 2 aliphatic rings. The number of benzene rings is 1. The molecule has 3 nitrogen and oxygen atoms in total. The molecule has 0 bridgehead atoms. The third-order valence-electron chi connectivity index (χ3n) is 4.34. The van der Waals surface area contributed by atoms with Gasteiger partial charge in [0, 0.05) is 16.1 Å². The van der Waals surface area contributed by atoms with Crippen LogP contribution >= 0.6 is 39.9 Å². The first-order chi connectivity index (χ1) is 11.0. The number of halogens is 1. The van der Waals surface area contributed by atoms with Crippen LogP contribution in [-0.2, 0) is 4.79 Å². The van der Waals surface area contributed by atoms with E-state index in [9.17, 15) is 9.90 Å². The first kappa shape index (κ1) is 17.0. The van der Waals surface area contributed by atoms with Gasteiger partial charge in [0.1, 0.15) is 10.1 Å². The number of carbonyl (C=O) groups excluding carboxylic acids is 1. The van der Waals surface area contributed by atoms with Crippen molar-refractivity contribution >= 4 is 56.2 Å². The van der Waals surface area contributed by atoms with E-state index in [1.54, 1.807) is 11.0 Å². The summed E-state index contributed by atoms with van der Waals surface area (Å²) in [4.78, 5) is 15.1. The fourth-order valence-corrected chi connectivity index (χ4v) is 5.13. The lowest BCUT2D eigenvalue weighted by molar-refractivity contribution is -0.124. The number of thioether (sulfide) groups is 1. The van der Waals surface area contributed by atoms with Crippen molar-refractivity contribution < 1.29 is 9.90 Å². The number of phenolic OH excluding ortho intramolecular Hbond substituents is 1. The number of amides is 1. The lowest BCUT2D eigenvalue weighted by Gasteiger charge is -2.29. The van der Waals surface area contributed by atoms with Crippen LogP contribution in [0.3, 0.4) is 0 Å². The highest BCUT2D eigenvalue weighted by Gasteiger charge is 2.37. The summed E-state index contributed by atoms with van der Waals surface area (Å²) in [6.45, 7) is 1.84. The number of nitrogens with zero attached hydrogens (tertiary/aromatic N) is 1. The zero-order valence-electron chi connectivity index (χ0n) is 12.8. The number of phenols is 1. The highest BCUT2D eigenvalue weighted by atomic mass is 79.9. The molecule has 1 aliphatic heterocycles. The van der Waals surface area contributed by atoms with Crippen molar-refractivity contribution in [3.05, 3.63) is 32.6 Å². The van der Waals surface area contributed by atoms with Gasteiger partial charge in [-0.25, -0.2) is 0 Å². The van der Waals surface area contributed by atoms with Gasteiger partial charge in [0.25, 0.3) is 5.91 Å². The van der Waals surface area contributed by atoms with Gasteiger partial charge in [-0.1, -0.05) is 59.2 Å². The van der Waals surface area contributed by atoms with E-state index in [0.29, 0.717) is 14.8 Å². The summed E-state index contributed by atoms with van der Waals surface area (Å²) in [6, 6.07) is 3.90. The van der Waals surface area contributed by atoms with Crippen LogP contribution in [0.25, 0.3) is 6.08 Å². The van der Waals surface area contributed by atoms with Crippen molar-refractivity contribution in [2.75, 3.05) is 0 Å². The Balaban J connectivity index is 1.90. The van der Waals surface area contributed by atoms with Gasteiger partial charge in [0.05, 0.1) is 4.91 Å². The van der Waals surface area contributed by atoms with Crippen LogP contribution in [0.2, 0.25) is 0 Å². The van der Waals surface area contributed by atoms with Crippen LogP contribution in [0.4, 0.5) is 0 Å². The maximum Gasteiger partial charge on any atom is 0.266 e. The van der Waals surface area contributed by atoms with Gasteiger partial charge >= 0.3 is 0 Å². The molecule has 0 unspecified atom stereocenters. The molecule has 1 N–H and O–H groups in total. The monoisotopic (exact) mass is 411 g/mol. The highest BCUT2D eigenvalue weighted by molar-refractivity contribution is 9.10. The predicted molar refractivity (Wildman–Crippen MR) is 102 cm³/mol. The largest absolute Gasteiger partial charge is 0.507 e. The molecule has 6 heteroatoms. The molecular weight excluding hydrogens is 394 g/mol. The summed E-state index contributed by atoms with van der Waals surface area (Å²) < 4.78 is 1.51. The number of hydrogen-bond donors (Lipinski definition) is 1. The van der Waals surface area contributed by atoms with E-state index in [4.69, 9.17) is 12.2 Å². The van der Waals surface area contributed by atoms with Crippen molar-refractivity contribution in [3.8, 4) is 5.75 Å². The Hall–Kier alpha value is -0.850. The molecule has 1 heterocycles. The third kappa shape index (κ3) is 3.49. The fraction of sp³-hybridized carbons (Fsp3) is 0.412. The van der Waals surface area contributed by atoms with Crippen LogP contribution in [0.15, 0.2) is 21.5 Å². The number of aromatic hydroxyl groups is 1. The molecule has 23 heavy (non-hydrogen) atoms. The molecule has 0 atom stereocenters. The number of carbonyl (C=O) groups is 1. The Labute approximate surface area is 154 Å². The van der Waals surface area contributed by atoms with Crippen molar-refractivity contribution in [1.29, 1.82) is 0 Å². The first-order valence-electron chi connectivity index (χ1n) is 7.73. The maximum atomic E-state index is 12.8. The van der Waals surface area contributed by atoms with E-state index in [2.05, 4.69) is 15.9 Å². The van der Waals surface area contributed by atoms with E-state index in [-0.39, 0.29) is 17.7 Å². The Morgan fingerprint density at radius 2 is 2.04 bits per heavy atom. The summed E-state index contributed by atoms with van der Waals surface area (Å²) in [7, 11) is 0. The Morgan fingerprint density at radius 3 is 2.74 bits per heavy atom. The summed E-state index contributed by atoms with van der Waals surface area (Å²) in [5.41, 5.74) is 1.41. The van der Waals surface area contributed by atoms with Gasteiger partial charge in [-0.2, -0.15) is 0 Å². The fourth-order valence-electron chi connectivity index (χ4n) is 3.15. The van der Waals surface area contributed by atoms with Crippen molar-refractivity contribution in [1.82, 2.24) is 4.90 Å². The highest BCUT2D eigenvalue weighted by Crippen LogP contribution is 2.39. The van der Waals surface area contributed by atoms with Crippen molar-refractivity contribution in [3.63, 3.8) is 0 Å². The molecule has 1 aromatic rings. The zero-order chi connectivity index (χ0) is 16.6. The second-order valence-electron chi connectivity index (χ2n) is 6.00. The van der Waals surface area contributed by atoms with Crippen LogP contribution < -0.4 is 0 Å². The number of hydrogen-bond acceptors (Lipinski definition) is 4. The van der Waals surface area contributed by atoms with E-state index in [1.807, 2.05) is 19.1 Å². The molecule has 3 rings (SSSR count). The summed E-state index contributed by atoms with van der Waals surface area (Å²) in [5.74, 6) is 0.181. The predicted octanol–water partition coefficient (Wildman–Crippen LogP) is 5.00. The molecular formula is C17H18BrNO2S2. The molecule has 1 aliphatic carbocycles. The Bertz CT molecular complexity index is 696. The standard InChI is InChI=1S/C17H18BrNO2S2/c1-10-7-12(18)8-11(15(10)20)9-14-16(21)19(17(22)23-14)13-5-3-2-4-6-13/h7-9,13,20H,2-6H2,1H3/b14-9+. The Morgan fingerprint density at radius 1 is 1.35 bits per heavy atom. The second kappa shape index (κ2) is 6.95. The SMILES string of the molecule is Cc1cc(Br)cc(/C=C2/SC(=S)N(C3CCCCC3)C2=O)c1O. The summed E-state index contributed by atoms with van der Waals surface area (Å²) in [5, 5.41) is 10.2. The lowest BCUT2D eigenvalue weighted by atomic mass is 9.94. The molecule has 1 amide bonds. The number of rotatable bonds is 2. The average molecular weight is 412 g/mol. The second-order valence-corrected chi connectivity index (χ2v) is 8.60. The summed E-state index contributed by atoms with van der Waals surface area (Å²) >= 11 is 10.2. The van der Waals surface area contributed by atoms with Crippen LogP contribution in [0.1, 0.15) is 43.2 Å². The van der Waals surface area contributed by atoms with Gasteiger partial charge in [-0.05, 0) is 43.5 Å². The topological polar surface area (TPSA) is 40.5 Å². The molecule has 2 fully saturated rings. The van der Waals surface area contributed by atoms with Crippen molar-refractivity contribution in [2.24, 2.45) is 0 Å². The van der Waals surface area contributed by atoms with Gasteiger partial charge < -0.3 is 5.11 Å². The van der Waals surface area contributed by atoms with Crippen LogP contribution in [0.5, 0.6) is 5.75 Å². The van der Waals surface area contributed by atoms with Gasteiger partial charge in [0.2, 0.25) is 0 Å². The Kier molecular flexibility index (Phi) is 5.13. The average Bonchev–Trinajstić information content (AvgIpc) is 2.79. The van der Waals surface area contributed by atoms with E-state index >= 15 is 0 Å². The normalized spacial score (nSPS) is 21.5.